The van der Waals surface area contributed by atoms with Crippen molar-refractivity contribution >= 4 is 5.78 Å². The van der Waals surface area contributed by atoms with E-state index in [1.807, 2.05) is 12.1 Å². The average molecular weight is 264 g/mol. The van der Waals surface area contributed by atoms with Gasteiger partial charge in [0.2, 0.25) is 0 Å². The molecule has 2 heteroatoms. The van der Waals surface area contributed by atoms with Crippen molar-refractivity contribution in [2.75, 3.05) is 7.11 Å². The van der Waals surface area contributed by atoms with Crippen LogP contribution in [0.25, 0.3) is 0 Å². The Morgan fingerprint density at radius 2 is 1.95 bits per heavy atom. The molecule has 0 aromatic heterocycles. The highest BCUT2D eigenvalue weighted by molar-refractivity contribution is 6.03. The van der Waals surface area contributed by atoms with Gasteiger partial charge in [0.25, 0.3) is 0 Å². The Labute approximate surface area is 118 Å². The van der Waals surface area contributed by atoms with Crippen molar-refractivity contribution in [1.29, 1.82) is 0 Å². The number of carbonyl (C=O) groups excluding carboxylic acids is 1. The van der Waals surface area contributed by atoms with E-state index in [-0.39, 0.29) is 11.2 Å². The Morgan fingerprint density at radius 3 is 2.80 bits per heavy atom. The Balaban J connectivity index is 1.98. The topological polar surface area (TPSA) is 26.3 Å². The van der Waals surface area contributed by atoms with Gasteiger partial charge < -0.3 is 4.74 Å². The molecule has 0 amide bonds. The predicted octanol–water partition coefficient (Wildman–Crippen LogP) is 3.51. The largest absolute Gasteiger partial charge is 0.497 e. The van der Waals surface area contributed by atoms with Crippen LogP contribution in [0.4, 0.5) is 0 Å². The number of hydrogen-bond donors (Lipinski definition) is 0. The fraction of sp³-hybridized carbons (Fsp3) is 0.278. The summed E-state index contributed by atoms with van der Waals surface area (Å²) in [6, 6.07) is 14.4. The standard InChI is InChI=1S/C18H16O2/c1-20-13-6-7-14-16(10-13)18(11-17(14)19)9-8-12-4-2-3-5-15(12)18/h2-7,10H,8-9,11H2,1H3. The van der Waals surface area contributed by atoms with E-state index in [9.17, 15) is 4.79 Å². The zero-order valence-electron chi connectivity index (χ0n) is 11.5. The van der Waals surface area contributed by atoms with Gasteiger partial charge in [-0.1, -0.05) is 24.3 Å². The third kappa shape index (κ3) is 1.36. The van der Waals surface area contributed by atoms with Crippen LogP contribution in [0.3, 0.4) is 0 Å². The quantitative estimate of drug-likeness (QED) is 0.787. The molecular weight excluding hydrogens is 248 g/mol. The molecule has 0 heterocycles. The van der Waals surface area contributed by atoms with Gasteiger partial charge in [0.1, 0.15) is 5.75 Å². The fourth-order valence-electron chi connectivity index (χ4n) is 3.91. The minimum absolute atomic E-state index is 0.114. The van der Waals surface area contributed by atoms with E-state index in [0.29, 0.717) is 6.42 Å². The second-order valence-corrected chi connectivity index (χ2v) is 5.75. The molecule has 2 aliphatic rings. The maximum absolute atomic E-state index is 12.4. The summed E-state index contributed by atoms with van der Waals surface area (Å²) >= 11 is 0. The number of ketones is 1. The summed E-state index contributed by atoms with van der Waals surface area (Å²) in [6.45, 7) is 0. The first-order valence-corrected chi connectivity index (χ1v) is 7.05. The highest BCUT2D eigenvalue weighted by Gasteiger charge is 2.48. The highest BCUT2D eigenvalue weighted by Crippen LogP contribution is 2.52. The van der Waals surface area contributed by atoms with E-state index in [4.69, 9.17) is 4.74 Å². The fourth-order valence-corrected chi connectivity index (χ4v) is 3.91. The van der Waals surface area contributed by atoms with E-state index in [1.54, 1.807) is 7.11 Å². The average Bonchev–Trinajstić information content (AvgIpc) is 3.00. The molecule has 2 aromatic carbocycles. The SMILES string of the molecule is COc1ccc2c(c1)C1(CCc3ccccc31)CC2=O. The Hall–Kier alpha value is -2.09. The number of Topliss-reactive ketones (excluding diaryl/α,β-unsaturated/α-hetero) is 1. The monoisotopic (exact) mass is 264 g/mol. The number of aryl methyl sites for hydroxylation is 1. The third-order valence-electron chi connectivity index (χ3n) is 4.86. The summed E-state index contributed by atoms with van der Waals surface area (Å²) in [5, 5.41) is 0. The summed E-state index contributed by atoms with van der Waals surface area (Å²) in [6.07, 6.45) is 2.69. The molecule has 0 saturated heterocycles. The number of methoxy groups -OCH3 is 1. The van der Waals surface area contributed by atoms with E-state index >= 15 is 0 Å². The van der Waals surface area contributed by atoms with Crippen molar-refractivity contribution in [1.82, 2.24) is 0 Å². The molecule has 0 saturated carbocycles. The maximum atomic E-state index is 12.4. The van der Waals surface area contributed by atoms with Crippen molar-refractivity contribution in [3.8, 4) is 5.75 Å². The molecule has 2 aliphatic carbocycles. The molecule has 0 bridgehead atoms. The molecule has 0 N–H and O–H groups in total. The first-order chi connectivity index (χ1) is 9.74. The van der Waals surface area contributed by atoms with E-state index in [2.05, 4.69) is 30.3 Å². The van der Waals surface area contributed by atoms with Crippen LogP contribution in [0.15, 0.2) is 42.5 Å². The highest BCUT2D eigenvalue weighted by atomic mass is 16.5. The summed E-state index contributed by atoms with van der Waals surface area (Å²) in [7, 11) is 1.67. The van der Waals surface area contributed by atoms with Crippen molar-refractivity contribution in [3.05, 3.63) is 64.7 Å². The van der Waals surface area contributed by atoms with E-state index in [0.717, 1.165) is 29.7 Å². The van der Waals surface area contributed by atoms with Crippen LogP contribution in [0.1, 0.15) is 39.9 Å². The molecule has 2 aromatic rings. The molecule has 20 heavy (non-hydrogen) atoms. The van der Waals surface area contributed by atoms with Crippen molar-refractivity contribution in [2.45, 2.75) is 24.7 Å². The summed E-state index contributed by atoms with van der Waals surface area (Å²) < 4.78 is 5.35. The van der Waals surface area contributed by atoms with Crippen LogP contribution >= 0.6 is 0 Å². The molecule has 0 radical (unpaired) electrons. The third-order valence-corrected chi connectivity index (χ3v) is 4.86. The van der Waals surface area contributed by atoms with Crippen molar-refractivity contribution in [2.24, 2.45) is 0 Å². The first kappa shape index (κ1) is 11.7. The molecule has 1 unspecified atom stereocenters. The van der Waals surface area contributed by atoms with Crippen LogP contribution in [0, 0.1) is 0 Å². The normalized spacial score (nSPS) is 22.9. The van der Waals surface area contributed by atoms with Gasteiger partial charge in [0.05, 0.1) is 7.11 Å². The lowest BCUT2D eigenvalue weighted by Gasteiger charge is -2.25. The molecular formula is C18H16O2. The number of rotatable bonds is 1. The molecule has 0 aliphatic heterocycles. The van der Waals surface area contributed by atoms with Gasteiger partial charge in [0.15, 0.2) is 5.78 Å². The zero-order chi connectivity index (χ0) is 13.7. The summed E-state index contributed by atoms with van der Waals surface area (Å²) in [5.41, 5.74) is 4.64. The number of hydrogen-bond acceptors (Lipinski definition) is 2. The Bertz CT molecular complexity index is 717. The van der Waals surface area contributed by atoms with Crippen LogP contribution in [-0.4, -0.2) is 12.9 Å². The van der Waals surface area contributed by atoms with E-state index in [1.165, 1.54) is 11.1 Å². The summed E-state index contributed by atoms with van der Waals surface area (Å²) in [4.78, 5) is 12.4. The molecule has 0 fully saturated rings. The number of carbonyl (C=O) groups is 1. The smallest absolute Gasteiger partial charge is 0.164 e. The number of ether oxygens (including phenoxy) is 1. The second-order valence-electron chi connectivity index (χ2n) is 5.75. The van der Waals surface area contributed by atoms with Gasteiger partial charge in [-0.2, -0.15) is 0 Å². The van der Waals surface area contributed by atoms with Crippen LogP contribution in [0.5, 0.6) is 5.75 Å². The molecule has 2 nitrogen and oxygen atoms in total. The first-order valence-electron chi connectivity index (χ1n) is 7.05. The molecule has 4 rings (SSSR count). The number of benzene rings is 2. The number of fused-ring (bicyclic) bond motifs is 4. The van der Waals surface area contributed by atoms with Crippen molar-refractivity contribution < 1.29 is 9.53 Å². The lowest BCUT2D eigenvalue weighted by molar-refractivity contribution is 0.0979. The maximum Gasteiger partial charge on any atom is 0.164 e. The van der Waals surface area contributed by atoms with Gasteiger partial charge in [0, 0.05) is 17.4 Å². The Morgan fingerprint density at radius 1 is 1.10 bits per heavy atom. The van der Waals surface area contributed by atoms with Crippen LogP contribution in [0.2, 0.25) is 0 Å². The Kier molecular flexibility index (Phi) is 2.31. The van der Waals surface area contributed by atoms with Crippen LogP contribution < -0.4 is 4.74 Å². The second kappa shape index (κ2) is 3.95. The molecule has 1 spiro atoms. The van der Waals surface area contributed by atoms with Gasteiger partial charge in [-0.3, -0.25) is 4.79 Å². The predicted molar refractivity (Wildman–Crippen MR) is 77.5 cm³/mol. The van der Waals surface area contributed by atoms with Crippen molar-refractivity contribution in [3.63, 3.8) is 0 Å². The van der Waals surface area contributed by atoms with Gasteiger partial charge in [-0.15, -0.1) is 0 Å². The molecule has 1 atom stereocenters. The summed E-state index contributed by atoms with van der Waals surface area (Å²) in [5.74, 6) is 1.10. The van der Waals surface area contributed by atoms with Gasteiger partial charge in [-0.05, 0) is 47.7 Å². The minimum Gasteiger partial charge on any atom is -0.497 e. The van der Waals surface area contributed by atoms with Gasteiger partial charge in [-0.25, -0.2) is 0 Å². The molecule has 100 valence electrons. The van der Waals surface area contributed by atoms with E-state index < -0.39 is 0 Å². The zero-order valence-corrected chi connectivity index (χ0v) is 11.5. The lowest BCUT2D eigenvalue weighted by Crippen LogP contribution is -2.21. The minimum atomic E-state index is -0.114. The lowest BCUT2D eigenvalue weighted by atomic mass is 9.76. The van der Waals surface area contributed by atoms with Gasteiger partial charge >= 0.3 is 0 Å². The van der Waals surface area contributed by atoms with Crippen LogP contribution in [-0.2, 0) is 11.8 Å².